The molecule has 30 heavy (non-hydrogen) atoms. The van der Waals surface area contributed by atoms with E-state index in [9.17, 15) is 14.4 Å². The van der Waals surface area contributed by atoms with Crippen molar-refractivity contribution in [1.82, 2.24) is 4.90 Å². The maximum atomic E-state index is 12.6. The van der Waals surface area contributed by atoms with E-state index in [0.717, 1.165) is 31.2 Å². The third-order valence-corrected chi connectivity index (χ3v) is 5.90. The highest BCUT2D eigenvalue weighted by Gasteiger charge is 2.47. The van der Waals surface area contributed by atoms with Crippen molar-refractivity contribution in [2.75, 3.05) is 11.9 Å². The molecule has 1 N–H and O–H groups in total. The number of para-hydroxylation sites is 2. The molecular weight excluding hydrogens is 380 g/mol. The molecule has 2 atom stereocenters. The molecule has 2 aromatic rings. The van der Waals surface area contributed by atoms with Crippen molar-refractivity contribution in [3.05, 3.63) is 54.1 Å². The van der Waals surface area contributed by atoms with Crippen LogP contribution in [0.3, 0.4) is 0 Å². The summed E-state index contributed by atoms with van der Waals surface area (Å²) in [6.07, 6.45) is 3.61. The highest BCUT2D eigenvalue weighted by Crippen LogP contribution is 2.38. The van der Waals surface area contributed by atoms with Gasteiger partial charge in [-0.15, -0.1) is 0 Å². The van der Waals surface area contributed by atoms with Gasteiger partial charge in [-0.1, -0.05) is 42.7 Å². The van der Waals surface area contributed by atoms with Crippen molar-refractivity contribution in [2.24, 2.45) is 11.8 Å². The number of carbonyl (C=O) groups excluding carboxylic acids is 3. The Morgan fingerprint density at radius 2 is 1.63 bits per heavy atom. The Morgan fingerprint density at radius 3 is 2.30 bits per heavy atom. The predicted molar refractivity (Wildman–Crippen MR) is 113 cm³/mol. The summed E-state index contributed by atoms with van der Waals surface area (Å²) >= 11 is 0. The van der Waals surface area contributed by atoms with Crippen molar-refractivity contribution in [3.8, 4) is 11.5 Å². The number of carbonyl (C=O) groups is 3. The third-order valence-electron chi connectivity index (χ3n) is 5.90. The van der Waals surface area contributed by atoms with Gasteiger partial charge in [-0.05, 0) is 44.0 Å². The van der Waals surface area contributed by atoms with Crippen LogP contribution in [0.2, 0.25) is 0 Å². The molecule has 0 spiro atoms. The summed E-state index contributed by atoms with van der Waals surface area (Å²) in [7, 11) is 0. The van der Waals surface area contributed by atoms with Crippen LogP contribution in [0.15, 0.2) is 48.5 Å². The number of likely N-dealkylation sites (tertiary alicyclic amines) is 1. The van der Waals surface area contributed by atoms with E-state index in [1.54, 1.807) is 12.1 Å². The van der Waals surface area contributed by atoms with Gasteiger partial charge in [-0.3, -0.25) is 19.3 Å². The van der Waals surface area contributed by atoms with E-state index in [0.29, 0.717) is 17.2 Å². The fourth-order valence-electron chi connectivity index (χ4n) is 4.27. The predicted octanol–water partition coefficient (Wildman–Crippen LogP) is 4.29. The quantitative estimate of drug-likeness (QED) is 0.726. The van der Waals surface area contributed by atoms with Gasteiger partial charge in [0.05, 0.1) is 17.5 Å². The number of ether oxygens (including phenoxy) is 1. The molecule has 3 amide bonds. The zero-order valence-electron chi connectivity index (χ0n) is 17.1. The molecule has 2 aromatic carbocycles. The van der Waals surface area contributed by atoms with Crippen LogP contribution in [0.1, 0.15) is 37.7 Å². The van der Waals surface area contributed by atoms with Crippen molar-refractivity contribution >= 4 is 23.4 Å². The Hall–Kier alpha value is -3.15. The number of rotatable bonds is 6. The lowest BCUT2D eigenvalue weighted by Crippen LogP contribution is -2.34. The summed E-state index contributed by atoms with van der Waals surface area (Å²) in [6.45, 7) is 2.13. The summed E-state index contributed by atoms with van der Waals surface area (Å²) < 4.78 is 5.91. The number of nitrogens with zero attached hydrogens (tertiary/aromatic N) is 1. The lowest BCUT2D eigenvalue weighted by atomic mass is 9.81. The van der Waals surface area contributed by atoms with Crippen molar-refractivity contribution in [2.45, 2.75) is 39.0 Å². The molecule has 2 aliphatic rings. The second-order valence-electron chi connectivity index (χ2n) is 8.04. The lowest BCUT2D eigenvalue weighted by Gasteiger charge is -2.19. The van der Waals surface area contributed by atoms with Crippen LogP contribution >= 0.6 is 0 Å². The first-order valence-corrected chi connectivity index (χ1v) is 10.5. The average Bonchev–Trinajstić information content (AvgIpc) is 3.00. The van der Waals surface area contributed by atoms with E-state index < -0.39 is 0 Å². The normalized spacial score (nSPS) is 20.8. The number of hydrogen-bond donors (Lipinski definition) is 1. The van der Waals surface area contributed by atoms with E-state index in [2.05, 4.69) is 5.32 Å². The lowest BCUT2D eigenvalue weighted by molar-refractivity contribution is -0.140. The van der Waals surface area contributed by atoms with Crippen molar-refractivity contribution in [1.29, 1.82) is 0 Å². The molecule has 1 saturated heterocycles. The standard InChI is InChI=1S/C24H26N2O4/c1-16-10-12-17(13-11-16)30-21-9-5-4-8-20(21)25-22(27)14-15-26-23(28)18-6-2-3-7-19(18)24(26)29/h4-5,8-13,18-19H,2-3,6-7,14-15H2,1H3,(H,25,27)/t18-,19-/m0/s1. The summed E-state index contributed by atoms with van der Waals surface area (Å²) in [5.74, 6) is 0.370. The van der Waals surface area contributed by atoms with Crippen LogP contribution in [0, 0.1) is 18.8 Å². The fraction of sp³-hybridized carbons (Fsp3) is 0.375. The first kappa shape index (κ1) is 20.1. The van der Waals surface area contributed by atoms with E-state index >= 15 is 0 Å². The summed E-state index contributed by atoms with van der Waals surface area (Å²) in [4.78, 5) is 38.9. The summed E-state index contributed by atoms with van der Waals surface area (Å²) in [5, 5.41) is 2.85. The number of nitrogens with one attached hydrogen (secondary N) is 1. The molecule has 0 unspecified atom stereocenters. The second-order valence-corrected chi connectivity index (χ2v) is 8.04. The number of benzene rings is 2. The first-order chi connectivity index (χ1) is 14.5. The molecule has 1 saturated carbocycles. The molecule has 2 fully saturated rings. The minimum atomic E-state index is -0.259. The van der Waals surface area contributed by atoms with E-state index in [1.807, 2.05) is 43.3 Å². The Labute approximate surface area is 176 Å². The summed E-state index contributed by atoms with van der Waals surface area (Å²) in [5.41, 5.74) is 1.69. The van der Waals surface area contributed by atoms with Gasteiger partial charge < -0.3 is 10.1 Å². The van der Waals surface area contributed by atoms with E-state index in [1.165, 1.54) is 4.90 Å². The van der Waals surface area contributed by atoms with Crippen molar-refractivity contribution < 1.29 is 19.1 Å². The van der Waals surface area contributed by atoms with Crippen LogP contribution in [0.25, 0.3) is 0 Å². The van der Waals surface area contributed by atoms with Gasteiger partial charge in [0.25, 0.3) is 0 Å². The molecule has 6 nitrogen and oxygen atoms in total. The van der Waals surface area contributed by atoms with Crippen LogP contribution in [-0.2, 0) is 14.4 Å². The third kappa shape index (κ3) is 4.22. The number of fused-ring (bicyclic) bond motifs is 1. The van der Waals surface area contributed by atoms with Gasteiger partial charge in [-0.2, -0.15) is 0 Å². The van der Waals surface area contributed by atoms with Gasteiger partial charge in [0.1, 0.15) is 5.75 Å². The average molecular weight is 406 g/mol. The number of amides is 3. The van der Waals surface area contributed by atoms with Gasteiger partial charge in [0.15, 0.2) is 5.75 Å². The molecule has 1 aliphatic heterocycles. The molecule has 1 heterocycles. The van der Waals surface area contributed by atoms with E-state index in [-0.39, 0.29) is 42.5 Å². The Balaban J connectivity index is 1.37. The van der Waals surface area contributed by atoms with Crippen LogP contribution in [0.5, 0.6) is 11.5 Å². The molecule has 156 valence electrons. The second kappa shape index (κ2) is 8.69. The highest BCUT2D eigenvalue weighted by atomic mass is 16.5. The van der Waals surface area contributed by atoms with Crippen LogP contribution < -0.4 is 10.1 Å². The monoisotopic (exact) mass is 406 g/mol. The fourth-order valence-corrected chi connectivity index (χ4v) is 4.27. The zero-order valence-corrected chi connectivity index (χ0v) is 17.1. The Bertz CT molecular complexity index is 930. The SMILES string of the molecule is Cc1ccc(Oc2ccccc2NC(=O)CCN2C(=O)[C@H]3CCCC[C@@H]3C2=O)cc1. The van der Waals surface area contributed by atoms with Crippen molar-refractivity contribution in [3.63, 3.8) is 0 Å². The van der Waals surface area contributed by atoms with Gasteiger partial charge in [0, 0.05) is 13.0 Å². The van der Waals surface area contributed by atoms with E-state index in [4.69, 9.17) is 4.74 Å². The molecular formula is C24H26N2O4. The number of hydrogen-bond acceptors (Lipinski definition) is 4. The maximum Gasteiger partial charge on any atom is 0.233 e. The largest absolute Gasteiger partial charge is 0.455 e. The molecule has 0 aromatic heterocycles. The molecule has 0 bridgehead atoms. The minimum absolute atomic E-state index is 0.0653. The molecule has 6 heteroatoms. The summed E-state index contributed by atoms with van der Waals surface area (Å²) in [6, 6.07) is 14.9. The van der Waals surface area contributed by atoms with Gasteiger partial charge in [-0.25, -0.2) is 0 Å². The Morgan fingerprint density at radius 1 is 1.00 bits per heavy atom. The molecule has 4 rings (SSSR count). The number of imide groups is 1. The highest BCUT2D eigenvalue weighted by molar-refractivity contribution is 6.05. The molecule has 0 radical (unpaired) electrons. The van der Waals surface area contributed by atoms with Gasteiger partial charge in [0.2, 0.25) is 17.7 Å². The molecule has 1 aliphatic carbocycles. The Kier molecular flexibility index (Phi) is 5.84. The number of aryl methyl sites for hydroxylation is 1. The van der Waals surface area contributed by atoms with Crippen LogP contribution in [0.4, 0.5) is 5.69 Å². The first-order valence-electron chi connectivity index (χ1n) is 10.5. The smallest absolute Gasteiger partial charge is 0.233 e. The van der Waals surface area contributed by atoms with Gasteiger partial charge >= 0.3 is 0 Å². The minimum Gasteiger partial charge on any atom is -0.455 e. The zero-order chi connectivity index (χ0) is 21.1. The topological polar surface area (TPSA) is 75.7 Å². The number of anilines is 1. The van der Waals surface area contributed by atoms with Crippen LogP contribution in [-0.4, -0.2) is 29.2 Å². The maximum absolute atomic E-state index is 12.6.